The lowest BCUT2D eigenvalue weighted by atomic mass is 10.2. The van der Waals surface area contributed by atoms with Gasteiger partial charge in [-0.15, -0.1) is 0 Å². The summed E-state index contributed by atoms with van der Waals surface area (Å²) in [4.78, 5) is 2.22. The highest BCUT2D eigenvalue weighted by Crippen LogP contribution is 2.18. The number of rotatable bonds is 3. The summed E-state index contributed by atoms with van der Waals surface area (Å²) in [5.41, 5.74) is 1.18. The van der Waals surface area contributed by atoms with Crippen molar-refractivity contribution in [1.82, 2.24) is 0 Å². The number of hydrogen-bond acceptors (Lipinski definition) is 1. The van der Waals surface area contributed by atoms with E-state index in [0.717, 1.165) is 11.6 Å². The molecule has 0 amide bonds. The molecule has 0 saturated heterocycles. The maximum Gasteiger partial charge on any atom is 0.0426 e. The third-order valence-electron chi connectivity index (χ3n) is 1.89. The Balaban J connectivity index is 2.71. The van der Waals surface area contributed by atoms with E-state index in [1.165, 1.54) is 5.69 Å². The molecule has 13 heavy (non-hydrogen) atoms. The number of benzene rings is 1. The van der Waals surface area contributed by atoms with E-state index >= 15 is 0 Å². The standard InChI is InChI=1S/C11H16ClN/c1-9(2)8-13(3)11-6-4-5-10(12)7-11/h4-7,9H,8H2,1-3H3. The molecule has 1 aromatic carbocycles. The molecule has 0 N–H and O–H groups in total. The first-order valence-corrected chi connectivity index (χ1v) is 4.94. The molecule has 0 fully saturated rings. The van der Waals surface area contributed by atoms with Gasteiger partial charge in [0.25, 0.3) is 0 Å². The Morgan fingerprint density at radius 1 is 1.38 bits per heavy atom. The smallest absolute Gasteiger partial charge is 0.0426 e. The predicted molar refractivity (Wildman–Crippen MR) is 59.6 cm³/mol. The Kier molecular flexibility index (Phi) is 3.61. The van der Waals surface area contributed by atoms with Crippen molar-refractivity contribution in [2.45, 2.75) is 13.8 Å². The van der Waals surface area contributed by atoms with Crippen LogP contribution in [0.3, 0.4) is 0 Å². The minimum absolute atomic E-state index is 0.670. The molecule has 1 aromatic rings. The van der Waals surface area contributed by atoms with Crippen LogP contribution in [-0.2, 0) is 0 Å². The van der Waals surface area contributed by atoms with E-state index in [4.69, 9.17) is 11.6 Å². The van der Waals surface area contributed by atoms with E-state index in [2.05, 4.69) is 31.9 Å². The van der Waals surface area contributed by atoms with Crippen molar-refractivity contribution >= 4 is 17.3 Å². The average Bonchev–Trinajstić information content (AvgIpc) is 2.03. The number of hydrogen-bond donors (Lipinski definition) is 0. The molecular weight excluding hydrogens is 182 g/mol. The lowest BCUT2D eigenvalue weighted by Crippen LogP contribution is -2.22. The van der Waals surface area contributed by atoms with Crippen LogP contribution in [0.1, 0.15) is 13.8 Å². The second-order valence-corrected chi connectivity index (χ2v) is 4.19. The van der Waals surface area contributed by atoms with Crippen molar-refractivity contribution in [3.05, 3.63) is 29.3 Å². The van der Waals surface area contributed by atoms with Crippen molar-refractivity contribution in [2.24, 2.45) is 5.92 Å². The molecule has 0 aliphatic heterocycles. The van der Waals surface area contributed by atoms with Gasteiger partial charge in [-0.3, -0.25) is 0 Å². The summed E-state index contributed by atoms with van der Waals surface area (Å²) in [5.74, 6) is 0.670. The maximum absolute atomic E-state index is 5.90. The molecule has 0 atom stereocenters. The van der Waals surface area contributed by atoms with Crippen molar-refractivity contribution in [3.63, 3.8) is 0 Å². The molecule has 1 rings (SSSR count). The van der Waals surface area contributed by atoms with Crippen LogP contribution in [-0.4, -0.2) is 13.6 Å². The van der Waals surface area contributed by atoms with Crippen LogP contribution >= 0.6 is 11.6 Å². The van der Waals surface area contributed by atoms with Gasteiger partial charge in [-0.25, -0.2) is 0 Å². The van der Waals surface area contributed by atoms with Crippen molar-refractivity contribution in [3.8, 4) is 0 Å². The van der Waals surface area contributed by atoms with Crippen LogP contribution in [0.5, 0.6) is 0 Å². The number of anilines is 1. The van der Waals surface area contributed by atoms with Gasteiger partial charge in [0.2, 0.25) is 0 Å². The normalized spacial score (nSPS) is 10.5. The number of nitrogens with zero attached hydrogens (tertiary/aromatic N) is 1. The molecule has 72 valence electrons. The van der Waals surface area contributed by atoms with Gasteiger partial charge < -0.3 is 4.90 Å². The monoisotopic (exact) mass is 197 g/mol. The molecule has 0 aliphatic carbocycles. The molecule has 0 heterocycles. The van der Waals surface area contributed by atoms with Crippen LogP contribution in [0.15, 0.2) is 24.3 Å². The molecule has 0 unspecified atom stereocenters. The van der Waals surface area contributed by atoms with Crippen LogP contribution in [0.2, 0.25) is 5.02 Å². The minimum atomic E-state index is 0.670. The third-order valence-corrected chi connectivity index (χ3v) is 2.12. The summed E-state index contributed by atoms with van der Waals surface area (Å²) in [5, 5.41) is 0.799. The number of halogens is 1. The molecule has 0 radical (unpaired) electrons. The molecule has 1 nitrogen and oxygen atoms in total. The molecule has 2 heteroatoms. The molecule has 0 bridgehead atoms. The Hall–Kier alpha value is -0.690. The van der Waals surface area contributed by atoms with Crippen molar-refractivity contribution in [2.75, 3.05) is 18.5 Å². The summed E-state index contributed by atoms with van der Waals surface area (Å²) in [6.45, 7) is 5.47. The van der Waals surface area contributed by atoms with Crippen LogP contribution in [0, 0.1) is 5.92 Å². The predicted octanol–water partition coefficient (Wildman–Crippen LogP) is 3.43. The first-order valence-electron chi connectivity index (χ1n) is 4.56. The van der Waals surface area contributed by atoms with E-state index in [-0.39, 0.29) is 0 Å². The average molecular weight is 198 g/mol. The third kappa shape index (κ3) is 3.27. The lowest BCUT2D eigenvalue weighted by Gasteiger charge is -2.21. The van der Waals surface area contributed by atoms with E-state index in [9.17, 15) is 0 Å². The zero-order valence-electron chi connectivity index (χ0n) is 8.42. The van der Waals surface area contributed by atoms with Gasteiger partial charge in [-0.05, 0) is 24.1 Å². The summed E-state index contributed by atoms with van der Waals surface area (Å²) in [6, 6.07) is 7.95. The molecule has 0 aromatic heterocycles. The Bertz CT molecular complexity index is 271. The molecule has 0 saturated carbocycles. The highest BCUT2D eigenvalue weighted by Gasteiger charge is 2.02. The second kappa shape index (κ2) is 4.52. The molecule has 0 spiro atoms. The van der Waals surface area contributed by atoms with Gasteiger partial charge in [0, 0.05) is 24.3 Å². The van der Waals surface area contributed by atoms with Crippen LogP contribution in [0.4, 0.5) is 5.69 Å². The fraction of sp³-hybridized carbons (Fsp3) is 0.455. The van der Waals surface area contributed by atoms with E-state index < -0.39 is 0 Å². The van der Waals surface area contributed by atoms with Gasteiger partial charge in [0.05, 0.1) is 0 Å². The van der Waals surface area contributed by atoms with Crippen LogP contribution < -0.4 is 4.90 Å². The zero-order chi connectivity index (χ0) is 9.84. The molecule has 0 aliphatic rings. The zero-order valence-corrected chi connectivity index (χ0v) is 9.17. The summed E-state index contributed by atoms with van der Waals surface area (Å²) in [7, 11) is 2.09. The fourth-order valence-corrected chi connectivity index (χ4v) is 1.55. The van der Waals surface area contributed by atoms with Gasteiger partial charge in [-0.2, -0.15) is 0 Å². The first-order chi connectivity index (χ1) is 6.09. The van der Waals surface area contributed by atoms with E-state index in [0.29, 0.717) is 5.92 Å². The summed E-state index contributed by atoms with van der Waals surface area (Å²) >= 11 is 5.90. The van der Waals surface area contributed by atoms with Gasteiger partial charge in [-0.1, -0.05) is 31.5 Å². The highest BCUT2D eigenvalue weighted by molar-refractivity contribution is 6.30. The Morgan fingerprint density at radius 3 is 2.62 bits per heavy atom. The first kappa shape index (κ1) is 10.4. The Labute approximate surface area is 85.3 Å². The van der Waals surface area contributed by atoms with E-state index in [1.807, 2.05) is 18.2 Å². The van der Waals surface area contributed by atoms with Gasteiger partial charge in [0.1, 0.15) is 0 Å². The highest BCUT2D eigenvalue weighted by atomic mass is 35.5. The Morgan fingerprint density at radius 2 is 2.08 bits per heavy atom. The maximum atomic E-state index is 5.90. The van der Waals surface area contributed by atoms with Gasteiger partial charge >= 0.3 is 0 Å². The van der Waals surface area contributed by atoms with Crippen LogP contribution in [0.25, 0.3) is 0 Å². The van der Waals surface area contributed by atoms with Crippen molar-refractivity contribution < 1.29 is 0 Å². The lowest BCUT2D eigenvalue weighted by molar-refractivity contribution is 0.638. The van der Waals surface area contributed by atoms with Crippen molar-refractivity contribution in [1.29, 1.82) is 0 Å². The molecular formula is C11H16ClN. The summed E-state index contributed by atoms with van der Waals surface area (Å²) in [6.07, 6.45) is 0. The van der Waals surface area contributed by atoms with Gasteiger partial charge in [0.15, 0.2) is 0 Å². The second-order valence-electron chi connectivity index (χ2n) is 3.75. The SMILES string of the molecule is CC(C)CN(C)c1cccc(Cl)c1. The topological polar surface area (TPSA) is 3.24 Å². The quantitative estimate of drug-likeness (QED) is 0.718. The summed E-state index contributed by atoms with van der Waals surface area (Å²) < 4.78 is 0. The minimum Gasteiger partial charge on any atom is -0.374 e. The van der Waals surface area contributed by atoms with E-state index in [1.54, 1.807) is 0 Å². The fourth-order valence-electron chi connectivity index (χ4n) is 1.37. The largest absolute Gasteiger partial charge is 0.374 e.